The lowest BCUT2D eigenvalue weighted by Crippen LogP contribution is -3.16. The van der Waals surface area contributed by atoms with Crippen molar-refractivity contribution in [3.05, 3.63) is 65.2 Å². The monoisotopic (exact) mass is 380 g/mol. The van der Waals surface area contributed by atoms with E-state index in [9.17, 15) is 9.59 Å². The summed E-state index contributed by atoms with van der Waals surface area (Å²) in [6, 6.07) is 15.8. The lowest BCUT2D eigenvalue weighted by molar-refractivity contribution is -0.938. The quantitative estimate of drug-likeness (QED) is 0.658. The summed E-state index contributed by atoms with van der Waals surface area (Å²) in [7, 11) is 0. The number of hydrogen-bond donors (Lipinski definition) is 3. The molecule has 0 spiro atoms. The number of benzene rings is 2. The van der Waals surface area contributed by atoms with Crippen LogP contribution >= 0.6 is 0 Å². The van der Waals surface area contributed by atoms with Crippen LogP contribution in [0.25, 0.3) is 0 Å². The van der Waals surface area contributed by atoms with Crippen LogP contribution in [0.1, 0.15) is 61.0 Å². The van der Waals surface area contributed by atoms with Crippen molar-refractivity contribution in [2.45, 2.75) is 58.2 Å². The maximum absolute atomic E-state index is 12.8. The maximum Gasteiger partial charge on any atom is 0.282 e. The third-order valence-corrected chi connectivity index (χ3v) is 5.54. The van der Waals surface area contributed by atoms with Gasteiger partial charge in [-0.05, 0) is 42.7 Å². The van der Waals surface area contributed by atoms with Gasteiger partial charge in [0, 0.05) is 29.7 Å². The Hall–Kier alpha value is -2.66. The molecule has 2 atom stereocenters. The van der Waals surface area contributed by atoms with Gasteiger partial charge in [-0.15, -0.1) is 0 Å². The summed E-state index contributed by atoms with van der Waals surface area (Å²) in [6.07, 6.45) is 2.34. The molecule has 0 radical (unpaired) electrons. The molecule has 0 bridgehead atoms. The van der Waals surface area contributed by atoms with E-state index in [1.165, 1.54) is 28.9 Å². The van der Waals surface area contributed by atoms with E-state index in [0.717, 1.165) is 6.54 Å². The van der Waals surface area contributed by atoms with Crippen molar-refractivity contribution in [2.24, 2.45) is 5.73 Å². The summed E-state index contributed by atoms with van der Waals surface area (Å²) in [4.78, 5) is 25.3. The number of carbonyl (C=O) groups is 2. The molecule has 1 aliphatic rings. The molecule has 1 fully saturated rings. The second-order valence-corrected chi connectivity index (χ2v) is 8.07. The summed E-state index contributed by atoms with van der Waals surface area (Å²) in [5.74, 6) is 0.0400. The number of anilines is 1. The molecule has 0 saturated heterocycles. The topological polar surface area (TPSA) is 76.6 Å². The summed E-state index contributed by atoms with van der Waals surface area (Å²) < 4.78 is 0. The second kappa shape index (κ2) is 8.57. The molecular weight excluding hydrogens is 350 g/mol. The van der Waals surface area contributed by atoms with Gasteiger partial charge in [0.2, 0.25) is 5.91 Å². The highest BCUT2D eigenvalue weighted by Crippen LogP contribution is 2.18. The molecule has 2 aromatic carbocycles. The van der Waals surface area contributed by atoms with Crippen molar-refractivity contribution in [3.63, 3.8) is 0 Å². The first-order valence-electron chi connectivity index (χ1n) is 10.0. The standard InChI is InChI=1S/C23H29N3O2/c1-15(2)18-6-4-17(5-7-18)14-26(21-12-13-21)16(3)23(28)25-20-10-8-19(9-11-20)22(24)27/h4-11,15-16,21H,12-14H2,1-3H3,(H2,24,27)(H,25,28)/p+1/t16-/m1/s1. The average Bonchev–Trinajstić information content (AvgIpc) is 3.51. The Labute approximate surface area is 166 Å². The molecule has 2 amide bonds. The molecular formula is C23H30N3O2+. The van der Waals surface area contributed by atoms with Gasteiger partial charge in [-0.1, -0.05) is 38.1 Å². The van der Waals surface area contributed by atoms with Crippen LogP contribution in [0.3, 0.4) is 0 Å². The van der Waals surface area contributed by atoms with Gasteiger partial charge in [0.15, 0.2) is 6.04 Å². The molecule has 5 heteroatoms. The molecule has 28 heavy (non-hydrogen) atoms. The number of hydrogen-bond acceptors (Lipinski definition) is 2. The Bertz CT molecular complexity index is 824. The predicted molar refractivity (Wildman–Crippen MR) is 111 cm³/mol. The molecule has 0 heterocycles. The fourth-order valence-electron chi connectivity index (χ4n) is 3.50. The summed E-state index contributed by atoms with van der Waals surface area (Å²) in [6.45, 7) is 7.22. The van der Waals surface area contributed by atoms with E-state index < -0.39 is 5.91 Å². The minimum atomic E-state index is -0.473. The summed E-state index contributed by atoms with van der Waals surface area (Å²) >= 11 is 0. The third kappa shape index (κ3) is 4.98. The highest BCUT2D eigenvalue weighted by atomic mass is 16.2. The SMILES string of the molecule is CC(C)c1ccc(C[NH+](C2CC2)[C@H](C)C(=O)Nc2ccc(C(N)=O)cc2)cc1. The molecule has 2 aromatic rings. The van der Waals surface area contributed by atoms with Crippen LogP contribution in [0, 0.1) is 0 Å². The van der Waals surface area contributed by atoms with Crippen molar-refractivity contribution in [2.75, 3.05) is 5.32 Å². The van der Waals surface area contributed by atoms with Crippen molar-refractivity contribution < 1.29 is 14.5 Å². The van der Waals surface area contributed by atoms with Gasteiger partial charge in [0.25, 0.3) is 5.91 Å². The highest BCUT2D eigenvalue weighted by molar-refractivity contribution is 5.95. The molecule has 4 N–H and O–H groups in total. The van der Waals surface area contributed by atoms with Crippen LogP contribution in [0.5, 0.6) is 0 Å². The van der Waals surface area contributed by atoms with E-state index in [1.54, 1.807) is 24.3 Å². The Balaban J connectivity index is 1.65. The zero-order valence-electron chi connectivity index (χ0n) is 16.9. The van der Waals surface area contributed by atoms with Gasteiger partial charge in [0.1, 0.15) is 6.54 Å². The van der Waals surface area contributed by atoms with Crippen molar-refractivity contribution in [1.82, 2.24) is 0 Å². The van der Waals surface area contributed by atoms with Crippen LogP contribution in [-0.2, 0) is 11.3 Å². The van der Waals surface area contributed by atoms with Crippen molar-refractivity contribution in [3.8, 4) is 0 Å². The van der Waals surface area contributed by atoms with E-state index in [4.69, 9.17) is 5.73 Å². The van der Waals surface area contributed by atoms with Crippen LogP contribution in [0.15, 0.2) is 48.5 Å². The molecule has 148 valence electrons. The van der Waals surface area contributed by atoms with Gasteiger partial charge in [-0.3, -0.25) is 9.59 Å². The first-order valence-corrected chi connectivity index (χ1v) is 10.0. The number of rotatable bonds is 8. The molecule has 5 nitrogen and oxygen atoms in total. The number of amides is 2. The van der Waals surface area contributed by atoms with Gasteiger partial charge in [0.05, 0.1) is 6.04 Å². The molecule has 1 aliphatic carbocycles. The third-order valence-electron chi connectivity index (χ3n) is 5.54. The van der Waals surface area contributed by atoms with Gasteiger partial charge >= 0.3 is 0 Å². The lowest BCUT2D eigenvalue weighted by Gasteiger charge is -2.25. The van der Waals surface area contributed by atoms with E-state index in [1.807, 2.05) is 6.92 Å². The van der Waals surface area contributed by atoms with Crippen molar-refractivity contribution in [1.29, 1.82) is 0 Å². The fraction of sp³-hybridized carbons (Fsp3) is 0.391. The number of carbonyl (C=O) groups excluding carboxylic acids is 2. The van der Waals surface area contributed by atoms with Crippen LogP contribution in [0.2, 0.25) is 0 Å². The van der Waals surface area contributed by atoms with E-state index in [-0.39, 0.29) is 11.9 Å². The van der Waals surface area contributed by atoms with E-state index in [2.05, 4.69) is 43.4 Å². The number of nitrogens with one attached hydrogen (secondary N) is 2. The Morgan fingerprint density at radius 3 is 2.14 bits per heavy atom. The largest absolute Gasteiger partial charge is 0.366 e. The highest BCUT2D eigenvalue weighted by Gasteiger charge is 2.39. The first-order chi connectivity index (χ1) is 13.3. The normalized spacial score (nSPS) is 15.9. The van der Waals surface area contributed by atoms with Gasteiger partial charge in [-0.25, -0.2) is 0 Å². The van der Waals surface area contributed by atoms with E-state index in [0.29, 0.717) is 23.2 Å². The Morgan fingerprint density at radius 2 is 1.64 bits per heavy atom. The minimum absolute atomic E-state index is 0.00692. The summed E-state index contributed by atoms with van der Waals surface area (Å²) in [5.41, 5.74) is 8.97. The molecule has 1 saturated carbocycles. The maximum atomic E-state index is 12.8. The molecule has 1 unspecified atom stereocenters. The lowest BCUT2D eigenvalue weighted by atomic mass is 10.0. The molecule has 0 aromatic heterocycles. The van der Waals surface area contributed by atoms with E-state index >= 15 is 0 Å². The summed E-state index contributed by atoms with van der Waals surface area (Å²) in [5, 5.41) is 2.97. The predicted octanol–water partition coefficient (Wildman–Crippen LogP) is 2.48. The first kappa shape index (κ1) is 20.1. The van der Waals surface area contributed by atoms with Gasteiger partial charge in [-0.2, -0.15) is 0 Å². The minimum Gasteiger partial charge on any atom is -0.366 e. The zero-order chi connectivity index (χ0) is 20.3. The zero-order valence-corrected chi connectivity index (χ0v) is 16.9. The average molecular weight is 381 g/mol. The number of primary amides is 1. The Kier molecular flexibility index (Phi) is 6.15. The Morgan fingerprint density at radius 1 is 1.04 bits per heavy atom. The van der Waals surface area contributed by atoms with Crippen LogP contribution < -0.4 is 16.0 Å². The fourth-order valence-corrected chi connectivity index (χ4v) is 3.50. The number of nitrogens with two attached hydrogens (primary N) is 1. The van der Waals surface area contributed by atoms with Gasteiger partial charge < -0.3 is 16.0 Å². The smallest absolute Gasteiger partial charge is 0.282 e. The van der Waals surface area contributed by atoms with Crippen LogP contribution in [-0.4, -0.2) is 23.9 Å². The van der Waals surface area contributed by atoms with Crippen molar-refractivity contribution >= 4 is 17.5 Å². The van der Waals surface area contributed by atoms with Crippen LogP contribution in [0.4, 0.5) is 5.69 Å². The molecule has 3 rings (SSSR count). The second-order valence-electron chi connectivity index (χ2n) is 8.07. The number of quaternary nitrogens is 1. The molecule has 0 aliphatic heterocycles.